The smallest absolute Gasteiger partial charge is 0.0825 e. The zero-order valence-corrected chi connectivity index (χ0v) is 19.1. The first-order valence-corrected chi connectivity index (χ1v) is 12.5. The van der Waals surface area contributed by atoms with Crippen LogP contribution >= 0.6 is 11.3 Å². The Morgan fingerprint density at radius 1 is 0.588 bits per heavy atom. The minimum absolute atomic E-state index is 0.325. The van der Waals surface area contributed by atoms with Gasteiger partial charge in [-0.05, 0) is 51.1 Å². The van der Waals surface area contributed by atoms with Crippen LogP contribution in [0.4, 0.5) is 0 Å². The van der Waals surface area contributed by atoms with Crippen molar-refractivity contribution in [1.29, 1.82) is 0 Å². The molecule has 0 atom stereocenters. The van der Waals surface area contributed by atoms with E-state index in [0.717, 1.165) is 0 Å². The van der Waals surface area contributed by atoms with Crippen LogP contribution in [0.1, 0.15) is 21.6 Å². The van der Waals surface area contributed by atoms with E-state index in [1.807, 2.05) is 29.8 Å². The Bertz CT molecular complexity index is 1710. The molecule has 2 aliphatic carbocycles. The van der Waals surface area contributed by atoms with Crippen molar-refractivity contribution in [2.24, 2.45) is 0 Å². The van der Waals surface area contributed by atoms with Gasteiger partial charge in [-0.3, -0.25) is 4.98 Å². The third kappa shape index (κ3) is 2.08. The molecule has 34 heavy (non-hydrogen) atoms. The lowest BCUT2D eigenvalue weighted by atomic mass is 9.71. The molecule has 2 aromatic heterocycles. The Labute approximate surface area is 202 Å². The van der Waals surface area contributed by atoms with Gasteiger partial charge in [-0.2, -0.15) is 0 Å². The lowest BCUT2D eigenvalue weighted by Crippen LogP contribution is -2.25. The van der Waals surface area contributed by atoms with Crippen molar-refractivity contribution in [3.63, 3.8) is 0 Å². The maximum absolute atomic E-state index is 4.48. The Kier molecular flexibility index (Phi) is 3.54. The van der Waals surface area contributed by atoms with Gasteiger partial charge >= 0.3 is 0 Å². The number of benzene rings is 4. The first-order valence-electron chi connectivity index (χ1n) is 11.6. The van der Waals surface area contributed by atoms with Gasteiger partial charge in [-0.25, -0.2) is 0 Å². The zero-order valence-electron chi connectivity index (χ0n) is 18.3. The molecule has 0 aliphatic heterocycles. The third-order valence-electron chi connectivity index (χ3n) is 7.57. The number of nitrogens with zero attached hydrogens (tertiary/aromatic N) is 1. The first-order chi connectivity index (χ1) is 16.9. The lowest BCUT2D eigenvalue weighted by Gasteiger charge is -2.31. The molecule has 0 unspecified atom stereocenters. The summed E-state index contributed by atoms with van der Waals surface area (Å²) in [5, 5.41) is 1.35. The molecule has 1 nitrogen and oxygen atoms in total. The SMILES string of the molecule is c1cncc(-c2cccc3c2C2(c4ccccc4-c4ccccc42)c2sc4ccccc4c2-3)c1. The number of hydrogen-bond donors (Lipinski definition) is 0. The number of rotatable bonds is 1. The number of thiophene rings is 1. The third-order valence-corrected chi connectivity index (χ3v) is 8.86. The van der Waals surface area contributed by atoms with Crippen molar-refractivity contribution >= 4 is 21.4 Å². The largest absolute Gasteiger partial charge is 0.264 e. The van der Waals surface area contributed by atoms with Crippen LogP contribution in [0, 0.1) is 0 Å². The number of aromatic nitrogens is 1. The van der Waals surface area contributed by atoms with Gasteiger partial charge < -0.3 is 0 Å². The molecule has 6 aromatic rings. The average Bonchev–Trinajstić information content (AvgIpc) is 3.53. The molecule has 2 heterocycles. The van der Waals surface area contributed by atoms with E-state index in [2.05, 4.69) is 102 Å². The first kappa shape index (κ1) is 18.4. The molecule has 8 rings (SSSR count). The van der Waals surface area contributed by atoms with E-state index in [9.17, 15) is 0 Å². The van der Waals surface area contributed by atoms with Crippen molar-refractivity contribution in [3.05, 3.63) is 137 Å². The van der Waals surface area contributed by atoms with Crippen LogP contribution in [-0.2, 0) is 5.41 Å². The topological polar surface area (TPSA) is 12.9 Å². The molecule has 0 N–H and O–H groups in total. The van der Waals surface area contributed by atoms with E-state index < -0.39 is 0 Å². The van der Waals surface area contributed by atoms with Crippen LogP contribution in [-0.4, -0.2) is 4.98 Å². The van der Waals surface area contributed by atoms with Gasteiger partial charge in [-0.1, -0.05) is 91.0 Å². The predicted octanol–water partition coefficient (Wildman–Crippen LogP) is 8.31. The van der Waals surface area contributed by atoms with Gasteiger partial charge in [0, 0.05) is 38.5 Å². The standard InChI is InChI=1S/C32H19NS/c1-4-15-26-22(10-1)23-11-2-5-16-27(23)32(26)30-21(20-9-8-18-33-19-20)13-7-14-25(30)29-24-12-3-6-17-28(24)34-31(29)32/h1-19H. The van der Waals surface area contributed by atoms with Gasteiger partial charge in [0.1, 0.15) is 0 Å². The normalized spacial score (nSPS) is 14.1. The van der Waals surface area contributed by atoms with Gasteiger partial charge in [0.25, 0.3) is 0 Å². The highest BCUT2D eigenvalue weighted by molar-refractivity contribution is 7.20. The Hall–Kier alpha value is -4.01. The number of hydrogen-bond acceptors (Lipinski definition) is 2. The molecule has 0 fully saturated rings. The van der Waals surface area contributed by atoms with E-state index in [0.29, 0.717) is 0 Å². The summed E-state index contributed by atoms with van der Waals surface area (Å²) in [6.45, 7) is 0. The summed E-state index contributed by atoms with van der Waals surface area (Å²) in [5.74, 6) is 0. The molecule has 0 bridgehead atoms. The summed E-state index contributed by atoms with van der Waals surface area (Å²) in [7, 11) is 0. The number of fused-ring (bicyclic) bond motifs is 12. The second-order valence-electron chi connectivity index (χ2n) is 9.11. The van der Waals surface area contributed by atoms with Gasteiger partial charge in [-0.15, -0.1) is 11.3 Å². The van der Waals surface area contributed by atoms with E-state index in [1.54, 1.807) is 0 Å². The van der Waals surface area contributed by atoms with Crippen LogP contribution in [0.25, 0.3) is 43.5 Å². The average molecular weight is 450 g/mol. The highest BCUT2D eigenvalue weighted by atomic mass is 32.1. The van der Waals surface area contributed by atoms with Crippen LogP contribution in [0.2, 0.25) is 0 Å². The summed E-state index contributed by atoms with van der Waals surface area (Å²) >= 11 is 1.95. The van der Waals surface area contributed by atoms with Crippen LogP contribution < -0.4 is 0 Å². The molecule has 0 amide bonds. The highest BCUT2D eigenvalue weighted by Gasteiger charge is 2.54. The monoisotopic (exact) mass is 449 g/mol. The van der Waals surface area contributed by atoms with E-state index >= 15 is 0 Å². The number of pyridine rings is 1. The summed E-state index contributed by atoms with van der Waals surface area (Å²) in [4.78, 5) is 5.92. The van der Waals surface area contributed by atoms with Crippen molar-refractivity contribution in [3.8, 4) is 33.4 Å². The Balaban J connectivity index is 1.63. The van der Waals surface area contributed by atoms with Gasteiger partial charge in [0.05, 0.1) is 5.41 Å². The quantitative estimate of drug-likeness (QED) is 0.246. The molecular weight excluding hydrogens is 430 g/mol. The molecular formula is C32H19NS. The molecule has 2 aliphatic rings. The molecule has 1 spiro atoms. The second kappa shape index (κ2) is 6.53. The summed E-state index contributed by atoms with van der Waals surface area (Å²) < 4.78 is 1.35. The van der Waals surface area contributed by atoms with Crippen molar-refractivity contribution in [2.45, 2.75) is 5.41 Å². The maximum atomic E-state index is 4.48. The van der Waals surface area contributed by atoms with E-state index in [-0.39, 0.29) is 5.41 Å². The molecule has 4 aromatic carbocycles. The minimum Gasteiger partial charge on any atom is -0.264 e. The summed E-state index contributed by atoms with van der Waals surface area (Å²) in [6.07, 6.45) is 3.85. The second-order valence-corrected chi connectivity index (χ2v) is 10.2. The molecule has 0 radical (unpaired) electrons. The Morgan fingerprint density at radius 2 is 1.26 bits per heavy atom. The lowest BCUT2D eigenvalue weighted by molar-refractivity contribution is 0.813. The Morgan fingerprint density at radius 3 is 2.03 bits per heavy atom. The molecule has 0 saturated heterocycles. The fourth-order valence-corrected chi connectivity index (χ4v) is 7.81. The minimum atomic E-state index is -0.325. The van der Waals surface area contributed by atoms with Gasteiger partial charge in [0.15, 0.2) is 0 Å². The van der Waals surface area contributed by atoms with E-state index in [1.165, 1.54) is 65.0 Å². The fraction of sp³-hybridized carbons (Fsp3) is 0.0312. The summed E-state index contributed by atoms with van der Waals surface area (Å²) in [5.41, 5.74) is 11.7. The molecule has 0 saturated carbocycles. The molecule has 158 valence electrons. The van der Waals surface area contributed by atoms with Gasteiger partial charge in [0.2, 0.25) is 0 Å². The van der Waals surface area contributed by atoms with Crippen LogP contribution in [0.5, 0.6) is 0 Å². The highest BCUT2D eigenvalue weighted by Crippen LogP contribution is 2.67. The van der Waals surface area contributed by atoms with Crippen LogP contribution in [0.15, 0.2) is 116 Å². The summed E-state index contributed by atoms with van der Waals surface area (Å²) in [6, 6.07) is 37.9. The fourth-order valence-electron chi connectivity index (χ4n) is 6.37. The zero-order chi connectivity index (χ0) is 22.3. The van der Waals surface area contributed by atoms with Crippen molar-refractivity contribution in [1.82, 2.24) is 4.98 Å². The maximum Gasteiger partial charge on any atom is 0.0825 e. The van der Waals surface area contributed by atoms with Crippen molar-refractivity contribution in [2.75, 3.05) is 0 Å². The van der Waals surface area contributed by atoms with Crippen LogP contribution in [0.3, 0.4) is 0 Å². The molecule has 2 heteroatoms. The van der Waals surface area contributed by atoms with Crippen molar-refractivity contribution < 1.29 is 0 Å². The van der Waals surface area contributed by atoms with E-state index in [4.69, 9.17) is 0 Å². The predicted molar refractivity (Wildman–Crippen MR) is 141 cm³/mol.